The molecule has 0 spiro atoms. The molecule has 0 unspecified atom stereocenters. The standard InChI is InChI=1S/C21H16ClN3OS/c1-12-20(13-4-6-15(22)7-5-13)21-23-11-16-17(25(21)24-12)9-14(10-18(16)26)19-3-2-8-27-19/h2-8,11,14H,9-10H2,1H3/t14-/m0/s1. The Hall–Kier alpha value is -2.50. The Morgan fingerprint density at radius 3 is 2.74 bits per heavy atom. The molecule has 0 saturated heterocycles. The van der Waals surface area contributed by atoms with E-state index in [0.29, 0.717) is 17.0 Å². The van der Waals surface area contributed by atoms with Crippen LogP contribution in [0.1, 0.15) is 39.0 Å². The van der Waals surface area contributed by atoms with Crippen molar-refractivity contribution in [3.05, 3.63) is 74.8 Å². The molecule has 1 atom stereocenters. The number of nitrogens with zero attached hydrogens (tertiary/aromatic N) is 3. The van der Waals surface area contributed by atoms with Gasteiger partial charge < -0.3 is 0 Å². The van der Waals surface area contributed by atoms with Gasteiger partial charge in [-0.25, -0.2) is 9.50 Å². The zero-order chi connectivity index (χ0) is 18.5. The summed E-state index contributed by atoms with van der Waals surface area (Å²) in [6.45, 7) is 1.98. The number of carbonyl (C=O) groups is 1. The van der Waals surface area contributed by atoms with Crippen LogP contribution < -0.4 is 0 Å². The van der Waals surface area contributed by atoms with Crippen LogP contribution in [0.4, 0.5) is 0 Å². The maximum Gasteiger partial charge on any atom is 0.166 e. The van der Waals surface area contributed by atoms with Crippen LogP contribution in [0.5, 0.6) is 0 Å². The molecule has 0 amide bonds. The first kappa shape index (κ1) is 16.7. The molecule has 1 aliphatic rings. The third kappa shape index (κ3) is 2.69. The molecule has 0 bridgehead atoms. The van der Waals surface area contributed by atoms with Crippen molar-refractivity contribution < 1.29 is 4.79 Å². The Balaban J connectivity index is 1.69. The van der Waals surface area contributed by atoms with Crippen molar-refractivity contribution in [1.29, 1.82) is 0 Å². The number of halogens is 1. The zero-order valence-electron chi connectivity index (χ0n) is 14.6. The molecule has 5 rings (SSSR count). The molecule has 1 aromatic carbocycles. The van der Waals surface area contributed by atoms with Crippen LogP contribution in [0.25, 0.3) is 16.8 Å². The van der Waals surface area contributed by atoms with Crippen LogP contribution in [-0.4, -0.2) is 20.4 Å². The highest BCUT2D eigenvalue weighted by molar-refractivity contribution is 7.10. The summed E-state index contributed by atoms with van der Waals surface area (Å²) < 4.78 is 1.87. The summed E-state index contributed by atoms with van der Waals surface area (Å²) >= 11 is 7.74. The monoisotopic (exact) mass is 393 g/mol. The average molecular weight is 394 g/mol. The number of carbonyl (C=O) groups excluding carboxylic acids is 1. The van der Waals surface area contributed by atoms with Crippen LogP contribution in [0.3, 0.4) is 0 Å². The number of aryl methyl sites for hydroxylation is 1. The van der Waals surface area contributed by atoms with Gasteiger partial charge in [0, 0.05) is 34.0 Å². The summed E-state index contributed by atoms with van der Waals surface area (Å²) in [6, 6.07) is 11.8. The third-order valence-electron chi connectivity index (χ3n) is 5.17. The van der Waals surface area contributed by atoms with Gasteiger partial charge >= 0.3 is 0 Å². The smallest absolute Gasteiger partial charge is 0.166 e. The summed E-state index contributed by atoms with van der Waals surface area (Å²) in [5.74, 6) is 0.351. The normalized spacial score (nSPS) is 16.7. The molecule has 134 valence electrons. The lowest BCUT2D eigenvalue weighted by molar-refractivity contribution is 0.0962. The van der Waals surface area contributed by atoms with Crippen molar-refractivity contribution in [3.63, 3.8) is 0 Å². The van der Waals surface area contributed by atoms with E-state index >= 15 is 0 Å². The quantitative estimate of drug-likeness (QED) is 0.462. The van der Waals surface area contributed by atoms with E-state index < -0.39 is 0 Å². The van der Waals surface area contributed by atoms with E-state index in [2.05, 4.69) is 16.4 Å². The van der Waals surface area contributed by atoms with Gasteiger partial charge in [0.15, 0.2) is 11.4 Å². The van der Waals surface area contributed by atoms with Gasteiger partial charge in [0.1, 0.15) is 0 Å². The van der Waals surface area contributed by atoms with E-state index in [1.807, 2.05) is 41.8 Å². The predicted octanol–water partition coefficient (Wildman–Crippen LogP) is 5.33. The first-order chi connectivity index (χ1) is 13.1. The van der Waals surface area contributed by atoms with E-state index in [0.717, 1.165) is 34.6 Å². The minimum Gasteiger partial charge on any atom is -0.294 e. The number of rotatable bonds is 2. The summed E-state index contributed by atoms with van der Waals surface area (Å²) in [5, 5.41) is 7.51. The highest BCUT2D eigenvalue weighted by Gasteiger charge is 2.30. The first-order valence-electron chi connectivity index (χ1n) is 8.81. The number of hydrogen-bond acceptors (Lipinski definition) is 4. The van der Waals surface area contributed by atoms with Crippen molar-refractivity contribution in [2.45, 2.75) is 25.7 Å². The molecule has 6 heteroatoms. The maximum atomic E-state index is 12.7. The number of ketones is 1. The highest BCUT2D eigenvalue weighted by Crippen LogP contribution is 2.36. The van der Waals surface area contributed by atoms with E-state index in [-0.39, 0.29) is 11.7 Å². The Morgan fingerprint density at radius 2 is 2.00 bits per heavy atom. The molecule has 1 aliphatic carbocycles. The molecule has 27 heavy (non-hydrogen) atoms. The van der Waals surface area contributed by atoms with Crippen molar-refractivity contribution in [3.8, 4) is 11.1 Å². The van der Waals surface area contributed by atoms with E-state index in [1.54, 1.807) is 17.5 Å². The summed E-state index contributed by atoms with van der Waals surface area (Å²) in [4.78, 5) is 18.6. The summed E-state index contributed by atoms with van der Waals surface area (Å²) in [6.07, 6.45) is 3.05. The predicted molar refractivity (Wildman–Crippen MR) is 108 cm³/mol. The van der Waals surface area contributed by atoms with Crippen molar-refractivity contribution in [2.75, 3.05) is 0 Å². The van der Waals surface area contributed by atoms with Gasteiger partial charge in [0.2, 0.25) is 0 Å². The summed E-state index contributed by atoms with van der Waals surface area (Å²) in [5.41, 5.74) is 5.34. The second-order valence-electron chi connectivity index (χ2n) is 6.87. The highest BCUT2D eigenvalue weighted by atomic mass is 35.5. The second kappa shape index (κ2) is 6.29. The van der Waals surface area contributed by atoms with E-state index in [4.69, 9.17) is 16.7 Å². The fraction of sp³-hybridized carbons (Fsp3) is 0.190. The number of fused-ring (bicyclic) bond motifs is 3. The molecule has 0 N–H and O–H groups in total. The topological polar surface area (TPSA) is 47.3 Å². The number of aromatic nitrogens is 3. The van der Waals surface area contributed by atoms with Crippen molar-refractivity contribution >= 4 is 34.4 Å². The maximum absolute atomic E-state index is 12.7. The lowest BCUT2D eigenvalue weighted by Crippen LogP contribution is -2.22. The lowest BCUT2D eigenvalue weighted by atomic mass is 9.85. The van der Waals surface area contributed by atoms with Crippen LogP contribution >= 0.6 is 22.9 Å². The Kier molecular flexibility index (Phi) is 3.88. The van der Waals surface area contributed by atoms with Gasteiger partial charge in [0.25, 0.3) is 0 Å². The van der Waals surface area contributed by atoms with Crippen LogP contribution in [-0.2, 0) is 6.42 Å². The van der Waals surface area contributed by atoms with Crippen LogP contribution in [0.2, 0.25) is 5.02 Å². The number of benzene rings is 1. The molecule has 4 nitrogen and oxygen atoms in total. The molecule has 0 radical (unpaired) electrons. The number of Topliss-reactive ketones (excluding diaryl/α,β-unsaturated/α-hetero) is 1. The average Bonchev–Trinajstić information content (AvgIpc) is 3.30. The van der Waals surface area contributed by atoms with Gasteiger partial charge in [-0.1, -0.05) is 29.8 Å². The largest absolute Gasteiger partial charge is 0.294 e. The Labute approximate surface area is 165 Å². The minimum atomic E-state index is 0.144. The molecule has 4 aromatic rings. The second-order valence-corrected chi connectivity index (χ2v) is 8.28. The van der Waals surface area contributed by atoms with Crippen LogP contribution in [0, 0.1) is 6.92 Å². The number of hydrogen-bond donors (Lipinski definition) is 0. The molecule has 0 fully saturated rings. The Bertz CT molecular complexity index is 1160. The van der Waals surface area contributed by atoms with Crippen molar-refractivity contribution in [2.24, 2.45) is 0 Å². The molecule has 0 saturated carbocycles. The van der Waals surface area contributed by atoms with E-state index in [9.17, 15) is 4.79 Å². The molecule has 0 aliphatic heterocycles. The van der Waals surface area contributed by atoms with E-state index in [1.165, 1.54) is 4.88 Å². The SMILES string of the molecule is Cc1nn2c3c(cnc2c1-c1ccc(Cl)cc1)C(=O)C[C@@H](c1cccs1)C3. The fourth-order valence-corrected chi connectivity index (χ4v) is 4.84. The number of thiophene rings is 1. The summed E-state index contributed by atoms with van der Waals surface area (Å²) in [7, 11) is 0. The van der Waals surface area contributed by atoms with Crippen molar-refractivity contribution in [1.82, 2.24) is 14.6 Å². The zero-order valence-corrected chi connectivity index (χ0v) is 16.2. The third-order valence-corrected chi connectivity index (χ3v) is 6.46. The van der Waals surface area contributed by atoms with Gasteiger partial charge in [-0.2, -0.15) is 5.10 Å². The van der Waals surface area contributed by atoms with Gasteiger partial charge in [-0.3, -0.25) is 4.79 Å². The van der Waals surface area contributed by atoms with Gasteiger partial charge in [-0.15, -0.1) is 11.3 Å². The molecule has 3 heterocycles. The van der Waals surface area contributed by atoms with Gasteiger partial charge in [0.05, 0.1) is 17.0 Å². The fourth-order valence-electron chi connectivity index (χ4n) is 3.88. The minimum absolute atomic E-state index is 0.144. The lowest BCUT2D eigenvalue weighted by Gasteiger charge is -2.23. The molecular formula is C21H16ClN3OS. The first-order valence-corrected chi connectivity index (χ1v) is 10.1. The molecule has 3 aromatic heterocycles. The Morgan fingerprint density at radius 1 is 1.19 bits per heavy atom. The van der Waals surface area contributed by atoms with Crippen LogP contribution in [0.15, 0.2) is 48.0 Å². The van der Waals surface area contributed by atoms with Gasteiger partial charge in [-0.05, 0) is 42.5 Å². The molecular weight excluding hydrogens is 378 g/mol.